The smallest absolute Gasteiger partial charge is 0.297 e. The Balaban J connectivity index is 1.74. The van der Waals surface area contributed by atoms with E-state index in [0.717, 1.165) is 18.7 Å². The van der Waals surface area contributed by atoms with Crippen LogP contribution in [0.1, 0.15) is 43.2 Å². The first-order chi connectivity index (χ1) is 11.6. The molecule has 0 atom stereocenters. The number of nitrogens with zero attached hydrogens (tertiary/aromatic N) is 2. The third-order valence-corrected chi connectivity index (χ3v) is 4.73. The van der Waals surface area contributed by atoms with Gasteiger partial charge in [0.25, 0.3) is 5.56 Å². The number of aromatic nitrogens is 2. The van der Waals surface area contributed by atoms with Crippen LogP contribution in [0.5, 0.6) is 0 Å². The molecule has 0 saturated heterocycles. The first-order valence-corrected chi connectivity index (χ1v) is 8.72. The molecule has 0 amide bonds. The van der Waals surface area contributed by atoms with E-state index in [2.05, 4.69) is 30.2 Å². The van der Waals surface area contributed by atoms with Gasteiger partial charge in [-0.15, -0.1) is 0 Å². The average molecular weight is 323 g/mol. The molecule has 1 aromatic carbocycles. The molecular weight excluding hydrogens is 298 g/mol. The Kier molecular flexibility index (Phi) is 5.14. The monoisotopic (exact) mass is 323 g/mol. The highest BCUT2D eigenvalue weighted by Gasteiger charge is 2.08. The van der Waals surface area contributed by atoms with Crippen molar-refractivity contribution in [2.24, 2.45) is 0 Å². The summed E-state index contributed by atoms with van der Waals surface area (Å²) >= 11 is 0. The van der Waals surface area contributed by atoms with Crippen molar-refractivity contribution in [3.05, 3.63) is 63.7 Å². The molecule has 4 heteroatoms. The Bertz CT molecular complexity index is 805. The summed E-state index contributed by atoms with van der Waals surface area (Å²) in [6, 6.07) is 6.05. The minimum atomic E-state index is -0.0987. The van der Waals surface area contributed by atoms with Crippen LogP contribution in [0.4, 0.5) is 5.82 Å². The van der Waals surface area contributed by atoms with E-state index in [-0.39, 0.29) is 5.56 Å². The second-order valence-electron chi connectivity index (χ2n) is 6.50. The van der Waals surface area contributed by atoms with E-state index in [1.807, 2.05) is 18.2 Å². The maximum absolute atomic E-state index is 12.7. The molecule has 0 unspecified atom stereocenters. The van der Waals surface area contributed by atoms with E-state index in [1.54, 1.807) is 17.0 Å². The first-order valence-electron chi connectivity index (χ1n) is 8.72. The van der Waals surface area contributed by atoms with Crippen molar-refractivity contribution in [3.8, 4) is 5.69 Å². The van der Waals surface area contributed by atoms with Crippen LogP contribution in [0.15, 0.2) is 47.0 Å². The van der Waals surface area contributed by atoms with E-state index in [9.17, 15) is 4.79 Å². The van der Waals surface area contributed by atoms with Crippen LogP contribution in [0.2, 0.25) is 0 Å². The summed E-state index contributed by atoms with van der Waals surface area (Å²) < 4.78 is 1.65. The molecule has 0 radical (unpaired) electrons. The summed E-state index contributed by atoms with van der Waals surface area (Å²) in [5.41, 5.74) is 4.68. The Morgan fingerprint density at radius 3 is 2.83 bits per heavy atom. The fraction of sp³-hybridized carbons (Fsp3) is 0.400. The number of aryl methyl sites for hydroxylation is 2. The number of anilines is 1. The lowest BCUT2D eigenvalue weighted by atomic mass is 9.97. The summed E-state index contributed by atoms with van der Waals surface area (Å²) in [5, 5.41) is 3.21. The predicted molar refractivity (Wildman–Crippen MR) is 99.0 cm³/mol. The lowest BCUT2D eigenvalue weighted by molar-refractivity contribution is 0.679. The second-order valence-corrected chi connectivity index (χ2v) is 6.50. The van der Waals surface area contributed by atoms with Crippen LogP contribution < -0.4 is 10.9 Å². The summed E-state index contributed by atoms with van der Waals surface area (Å²) in [6.45, 7) is 4.88. The predicted octanol–water partition coefficient (Wildman–Crippen LogP) is 4.15. The molecule has 1 aliphatic rings. The standard InChI is InChI=1S/C20H25N3O/c1-15-8-9-18(14-16(15)2)23-13-12-22-19(20(23)24)21-11-10-17-6-4-3-5-7-17/h6,8-9,12-14H,3-5,7,10-11H2,1-2H3,(H,21,22). The molecule has 1 aromatic heterocycles. The average Bonchev–Trinajstić information content (AvgIpc) is 2.60. The highest BCUT2D eigenvalue weighted by atomic mass is 16.1. The van der Waals surface area contributed by atoms with Crippen LogP contribution in [-0.2, 0) is 0 Å². The molecule has 0 fully saturated rings. The minimum Gasteiger partial charge on any atom is -0.365 e. The Hall–Kier alpha value is -2.36. The number of allylic oxidation sites excluding steroid dienone is 1. The van der Waals surface area contributed by atoms with E-state index in [1.165, 1.54) is 42.4 Å². The van der Waals surface area contributed by atoms with Crippen LogP contribution in [-0.4, -0.2) is 16.1 Å². The lowest BCUT2D eigenvalue weighted by Gasteiger charge is -2.13. The first kappa shape index (κ1) is 16.5. The summed E-state index contributed by atoms with van der Waals surface area (Å²) in [5.74, 6) is 0.423. The van der Waals surface area contributed by atoms with Gasteiger partial charge in [0, 0.05) is 24.6 Å². The van der Waals surface area contributed by atoms with Crippen LogP contribution >= 0.6 is 0 Å². The van der Waals surface area contributed by atoms with Gasteiger partial charge in [0.05, 0.1) is 0 Å². The van der Waals surface area contributed by atoms with Gasteiger partial charge in [0.15, 0.2) is 5.82 Å². The molecule has 4 nitrogen and oxygen atoms in total. The topological polar surface area (TPSA) is 46.9 Å². The second kappa shape index (κ2) is 7.47. The van der Waals surface area contributed by atoms with Gasteiger partial charge in [-0.3, -0.25) is 9.36 Å². The normalized spacial score (nSPS) is 14.3. The SMILES string of the molecule is Cc1ccc(-n2ccnc(NCCC3=CCCCC3)c2=O)cc1C. The molecule has 0 aliphatic heterocycles. The van der Waals surface area contributed by atoms with Crippen LogP contribution in [0, 0.1) is 13.8 Å². The summed E-state index contributed by atoms with van der Waals surface area (Å²) in [4.78, 5) is 16.9. The summed E-state index contributed by atoms with van der Waals surface area (Å²) in [7, 11) is 0. The van der Waals surface area contributed by atoms with Crippen molar-refractivity contribution in [1.82, 2.24) is 9.55 Å². The van der Waals surface area contributed by atoms with Gasteiger partial charge < -0.3 is 5.32 Å². The molecular formula is C20H25N3O. The third-order valence-electron chi connectivity index (χ3n) is 4.73. The quantitative estimate of drug-likeness (QED) is 0.841. The zero-order chi connectivity index (χ0) is 16.9. The Labute approximate surface area is 143 Å². The molecule has 1 heterocycles. The largest absolute Gasteiger partial charge is 0.365 e. The zero-order valence-corrected chi connectivity index (χ0v) is 14.5. The lowest BCUT2D eigenvalue weighted by Crippen LogP contribution is -2.23. The van der Waals surface area contributed by atoms with Gasteiger partial charge in [0.2, 0.25) is 0 Å². The van der Waals surface area contributed by atoms with Gasteiger partial charge in [-0.05, 0) is 69.2 Å². The molecule has 1 aliphatic carbocycles. The third kappa shape index (κ3) is 3.75. The fourth-order valence-electron chi connectivity index (χ4n) is 3.08. The van der Waals surface area contributed by atoms with Gasteiger partial charge in [0.1, 0.15) is 0 Å². The van der Waals surface area contributed by atoms with Gasteiger partial charge in [-0.1, -0.05) is 17.7 Å². The molecule has 0 saturated carbocycles. The highest BCUT2D eigenvalue weighted by molar-refractivity contribution is 5.42. The van der Waals surface area contributed by atoms with Crippen molar-refractivity contribution in [2.75, 3.05) is 11.9 Å². The molecule has 2 aromatic rings. The van der Waals surface area contributed by atoms with E-state index in [4.69, 9.17) is 0 Å². The molecule has 0 bridgehead atoms. The van der Waals surface area contributed by atoms with Crippen molar-refractivity contribution < 1.29 is 0 Å². The highest BCUT2D eigenvalue weighted by Crippen LogP contribution is 2.19. The van der Waals surface area contributed by atoms with Crippen molar-refractivity contribution >= 4 is 5.82 Å². The van der Waals surface area contributed by atoms with Crippen LogP contribution in [0.25, 0.3) is 5.69 Å². The van der Waals surface area contributed by atoms with Gasteiger partial charge in [-0.2, -0.15) is 0 Å². The van der Waals surface area contributed by atoms with Crippen molar-refractivity contribution in [2.45, 2.75) is 46.0 Å². The molecule has 24 heavy (non-hydrogen) atoms. The van der Waals surface area contributed by atoms with E-state index >= 15 is 0 Å². The van der Waals surface area contributed by atoms with Crippen molar-refractivity contribution in [3.63, 3.8) is 0 Å². The molecule has 126 valence electrons. The molecule has 0 spiro atoms. The van der Waals surface area contributed by atoms with Gasteiger partial charge in [-0.25, -0.2) is 4.98 Å². The van der Waals surface area contributed by atoms with Crippen molar-refractivity contribution in [1.29, 1.82) is 0 Å². The number of hydrogen-bond donors (Lipinski definition) is 1. The van der Waals surface area contributed by atoms with Gasteiger partial charge >= 0.3 is 0 Å². The fourth-order valence-corrected chi connectivity index (χ4v) is 3.08. The summed E-state index contributed by atoms with van der Waals surface area (Å²) in [6.07, 6.45) is 11.7. The number of benzene rings is 1. The maximum atomic E-state index is 12.7. The van der Waals surface area contributed by atoms with E-state index in [0.29, 0.717) is 5.82 Å². The van der Waals surface area contributed by atoms with E-state index < -0.39 is 0 Å². The maximum Gasteiger partial charge on any atom is 0.297 e. The minimum absolute atomic E-state index is 0.0987. The molecule has 1 N–H and O–H groups in total. The number of rotatable bonds is 5. The molecule has 3 rings (SSSR count). The number of hydrogen-bond acceptors (Lipinski definition) is 3. The Morgan fingerprint density at radius 2 is 2.08 bits per heavy atom. The Morgan fingerprint density at radius 1 is 1.21 bits per heavy atom. The zero-order valence-electron chi connectivity index (χ0n) is 14.5. The number of nitrogens with one attached hydrogen (secondary N) is 1. The van der Waals surface area contributed by atoms with Crippen LogP contribution in [0.3, 0.4) is 0 Å².